The van der Waals surface area contributed by atoms with Crippen LogP contribution in [0.1, 0.15) is 19.3 Å². The first kappa shape index (κ1) is 7.92. The first-order valence-electron chi connectivity index (χ1n) is 4.22. The van der Waals surface area contributed by atoms with Crippen molar-refractivity contribution in [2.24, 2.45) is 0 Å². The third kappa shape index (κ3) is 1.55. The van der Waals surface area contributed by atoms with Crippen molar-refractivity contribution in [3.05, 3.63) is 18.5 Å². The predicted octanol–water partition coefficient (Wildman–Crippen LogP) is 2.31. The average Bonchev–Trinajstić information content (AvgIpc) is 2.00. The predicted molar refractivity (Wildman–Crippen MR) is 52.1 cm³/mol. The monoisotopic (exact) mass is 180 g/mol. The lowest BCUT2D eigenvalue weighted by molar-refractivity contribution is 0.522. The highest BCUT2D eigenvalue weighted by Gasteiger charge is 2.19. The van der Waals surface area contributed by atoms with Gasteiger partial charge in [-0.1, -0.05) is 6.42 Å². The summed E-state index contributed by atoms with van der Waals surface area (Å²) in [6.45, 7) is 0. The van der Waals surface area contributed by atoms with Crippen molar-refractivity contribution in [2.45, 2.75) is 29.4 Å². The first-order chi connectivity index (χ1) is 5.86. The van der Waals surface area contributed by atoms with Crippen molar-refractivity contribution in [3.63, 3.8) is 0 Å². The Labute approximate surface area is 76.6 Å². The summed E-state index contributed by atoms with van der Waals surface area (Å²) < 4.78 is 0. The zero-order chi connectivity index (χ0) is 8.39. The van der Waals surface area contributed by atoms with Gasteiger partial charge < -0.3 is 5.73 Å². The molecule has 0 unspecified atom stereocenters. The third-order valence-electron chi connectivity index (χ3n) is 2.16. The molecule has 0 bridgehead atoms. The molecule has 1 aromatic rings. The molecule has 0 aromatic carbocycles. The molecule has 0 saturated heterocycles. The van der Waals surface area contributed by atoms with Gasteiger partial charge in [-0.25, -0.2) is 0 Å². The fourth-order valence-corrected chi connectivity index (χ4v) is 2.43. The van der Waals surface area contributed by atoms with E-state index < -0.39 is 0 Å². The Hall–Kier alpha value is -0.700. The van der Waals surface area contributed by atoms with Gasteiger partial charge in [0.25, 0.3) is 0 Å². The van der Waals surface area contributed by atoms with Crippen LogP contribution >= 0.6 is 11.8 Å². The molecule has 0 atom stereocenters. The molecule has 0 spiro atoms. The Morgan fingerprint density at radius 2 is 2.33 bits per heavy atom. The van der Waals surface area contributed by atoms with Gasteiger partial charge in [0.05, 0.1) is 11.9 Å². The second-order valence-corrected chi connectivity index (χ2v) is 4.43. The van der Waals surface area contributed by atoms with Crippen LogP contribution in [0.3, 0.4) is 0 Å². The molecule has 0 amide bonds. The van der Waals surface area contributed by atoms with Crippen molar-refractivity contribution in [3.8, 4) is 0 Å². The van der Waals surface area contributed by atoms with E-state index in [4.69, 9.17) is 5.73 Å². The Balaban J connectivity index is 2.06. The summed E-state index contributed by atoms with van der Waals surface area (Å²) in [5.41, 5.74) is 6.58. The molecular weight excluding hydrogens is 168 g/mol. The lowest BCUT2D eigenvalue weighted by Crippen LogP contribution is -2.13. The number of hydrogen-bond donors (Lipinski definition) is 1. The quantitative estimate of drug-likeness (QED) is 0.759. The highest BCUT2D eigenvalue weighted by molar-refractivity contribution is 8.00. The third-order valence-corrected chi connectivity index (χ3v) is 3.59. The number of nitrogens with two attached hydrogens (primary N) is 1. The number of thioether (sulfide) groups is 1. The molecule has 2 nitrogen and oxygen atoms in total. The van der Waals surface area contributed by atoms with E-state index in [0.29, 0.717) is 0 Å². The molecule has 12 heavy (non-hydrogen) atoms. The largest absolute Gasteiger partial charge is 0.397 e. The Kier molecular flexibility index (Phi) is 2.21. The van der Waals surface area contributed by atoms with Crippen LogP contribution in [0.15, 0.2) is 23.4 Å². The molecule has 2 N–H and O–H groups in total. The van der Waals surface area contributed by atoms with E-state index in [9.17, 15) is 0 Å². The number of aromatic nitrogens is 1. The van der Waals surface area contributed by atoms with E-state index in [1.807, 2.05) is 17.8 Å². The zero-order valence-electron chi connectivity index (χ0n) is 6.86. The van der Waals surface area contributed by atoms with Gasteiger partial charge in [-0.2, -0.15) is 0 Å². The summed E-state index contributed by atoms with van der Waals surface area (Å²) in [4.78, 5) is 5.15. The number of anilines is 1. The van der Waals surface area contributed by atoms with Crippen LogP contribution in [0.5, 0.6) is 0 Å². The molecule has 0 radical (unpaired) electrons. The minimum Gasteiger partial charge on any atom is -0.397 e. The number of pyridine rings is 1. The maximum absolute atomic E-state index is 5.76. The van der Waals surface area contributed by atoms with E-state index in [1.165, 1.54) is 24.2 Å². The van der Waals surface area contributed by atoms with Gasteiger partial charge in [0, 0.05) is 16.3 Å². The Morgan fingerprint density at radius 3 is 2.92 bits per heavy atom. The number of rotatable bonds is 2. The van der Waals surface area contributed by atoms with Crippen LogP contribution in [0, 0.1) is 0 Å². The number of hydrogen-bond acceptors (Lipinski definition) is 3. The van der Waals surface area contributed by atoms with E-state index in [0.717, 1.165) is 10.9 Å². The van der Waals surface area contributed by atoms with Crippen LogP contribution in [-0.4, -0.2) is 10.2 Å². The minimum atomic E-state index is 0.801. The van der Waals surface area contributed by atoms with Gasteiger partial charge in [-0.15, -0.1) is 11.8 Å². The smallest absolute Gasteiger partial charge is 0.0638 e. The standard InChI is InChI=1S/C9H12N2S/c10-8-6-11-5-4-9(8)12-7-2-1-3-7/h4-7H,1-3,10H2. The van der Waals surface area contributed by atoms with Gasteiger partial charge >= 0.3 is 0 Å². The lowest BCUT2D eigenvalue weighted by Gasteiger charge is -2.24. The molecule has 1 aromatic heterocycles. The van der Waals surface area contributed by atoms with E-state index >= 15 is 0 Å². The molecule has 0 aliphatic heterocycles. The summed E-state index contributed by atoms with van der Waals surface area (Å²) in [5, 5.41) is 0.801. The van der Waals surface area contributed by atoms with Crippen LogP contribution in [0.4, 0.5) is 5.69 Å². The molecule has 1 saturated carbocycles. The normalized spacial score (nSPS) is 17.3. The van der Waals surface area contributed by atoms with Gasteiger partial charge in [0.2, 0.25) is 0 Å². The fourth-order valence-electron chi connectivity index (χ4n) is 1.17. The van der Waals surface area contributed by atoms with Crippen molar-refractivity contribution < 1.29 is 0 Å². The molecule has 1 aliphatic carbocycles. The maximum Gasteiger partial charge on any atom is 0.0638 e. The number of nitrogens with zero attached hydrogens (tertiary/aromatic N) is 1. The summed E-state index contributed by atoms with van der Waals surface area (Å²) in [7, 11) is 0. The van der Waals surface area contributed by atoms with E-state index in [1.54, 1.807) is 12.4 Å². The second kappa shape index (κ2) is 3.35. The van der Waals surface area contributed by atoms with Gasteiger partial charge in [0.1, 0.15) is 0 Å². The van der Waals surface area contributed by atoms with Crippen molar-refractivity contribution >= 4 is 17.4 Å². The van der Waals surface area contributed by atoms with Crippen molar-refractivity contribution in [2.75, 3.05) is 5.73 Å². The molecule has 2 rings (SSSR count). The topological polar surface area (TPSA) is 38.9 Å². The van der Waals surface area contributed by atoms with E-state index in [-0.39, 0.29) is 0 Å². The van der Waals surface area contributed by atoms with Crippen LogP contribution in [0.25, 0.3) is 0 Å². The fraction of sp³-hybridized carbons (Fsp3) is 0.444. The maximum atomic E-state index is 5.76. The molecule has 1 heterocycles. The first-order valence-corrected chi connectivity index (χ1v) is 5.10. The summed E-state index contributed by atoms with van der Waals surface area (Å²) in [6.07, 6.45) is 7.58. The van der Waals surface area contributed by atoms with Gasteiger partial charge in [-0.3, -0.25) is 4.98 Å². The molecular formula is C9H12N2S. The Bertz CT molecular complexity index is 271. The molecule has 1 fully saturated rings. The average molecular weight is 180 g/mol. The number of nitrogen functional groups attached to an aromatic ring is 1. The highest BCUT2D eigenvalue weighted by Crippen LogP contribution is 2.38. The van der Waals surface area contributed by atoms with Crippen LogP contribution in [0.2, 0.25) is 0 Å². The molecule has 1 aliphatic rings. The highest BCUT2D eigenvalue weighted by atomic mass is 32.2. The lowest BCUT2D eigenvalue weighted by atomic mass is 10.0. The van der Waals surface area contributed by atoms with Crippen molar-refractivity contribution in [1.82, 2.24) is 4.98 Å². The molecule has 3 heteroatoms. The Morgan fingerprint density at radius 1 is 1.50 bits per heavy atom. The summed E-state index contributed by atoms with van der Waals surface area (Å²) in [5.74, 6) is 0. The van der Waals surface area contributed by atoms with E-state index in [2.05, 4.69) is 4.98 Å². The SMILES string of the molecule is Nc1cnccc1SC1CCC1. The minimum absolute atomic E-state index is 0.801. The van der Waals surface area contributed by atoms with Crippen LogP contribution < -0.4 is 5.73 Å². The van der Waals surface area contributed by atoms with Crippen LogP contribution in [-0.2, 0) is 0 Å². The summed E-state index contributed by atoms with van der Waals surface area (Å²) >= 11 is 1.89. The van der Waals surface area contributed by atoms with Gasteiger partial charge in [-0.05, 0) is 18.9 Å². The van der Waals surface area contributed by atoms with Gasteiger partial charge in [0.15, 0.2) is 0 Å². The zero-order valence-corrected chi connectivity index (χ0v) is 7.68. The summed E-state index contributed by atoms with van der Waals surface area (Å²) in [6, 6.07) is 2.00. The molecule has 64 valence electrons. The van der Waals surface area contributed by atoms with Crippen molar-refractivity contribution in [1.29, 1.82) is 0 Å². The second-order valence-electron chi connectivity index (χ2n) is 3.08.